The van der Waals surface area contributed by atoms with Crippen LogP contribution in [0.2, 0.25) is 0 Å². The van der Waals surface area contributed by atoms with Crippen molar-refractivity contribution in [3.8, 4) is 0 Å². The van der Waals surface area contributed by atoms with E-state index >= 15 is 0 Å². The Kier molecular flexibility index (Phi) is 5.78. The van der Waals surface area contributed by atoms with Gasteiger partial charge < -0.3 is 15.2 Å². The number of aliphatic hydroxyl groups is 1. The zero-order valence-corrected chi connectivity index (χ0v) is 12.8. The predicted molar refractivity (Wildman–Crippen MR) is 84.6 cm³/mol. The van der Waals surface area contributed by atoms with E-state index in [2.05, 4.69) is 10.1 Å². The Labute approximate surface area is 128 Å². The molecule has 0 aliphatic heterocycles. The molecule has 0 aliphatic carbocycles. The van der Waals surface area contributed by atoms with E-state index in [1.807, 2.05) is 36.4 Å². The maximum absolute atomic E-state index is 11.2. The van der Waals surface area contributed by atoms with Gasteiger partial charge in [0.05, 0.1) is 13.5 Å². The van der Waals surface area contributed by atoms with E-state index in [0.29, 0.717) is 12.8 Å². The molecule has 0 atom stereocenters. The van der Waals surface area contributed by atoms with Crippen LogP contribution in [0.1, 0.15) is 15.3 Å². The largest absolute Gasteiger partial charge is 0.469 e. The van der Waals surface area contributed by atoms with Crippen LogP contribution >= 0.6 is 11.3 Å². The first-order chi connectivity index (χ1) is 10.2. The summed E-state index contributed by atoms with van der Waals surface area (Å²) >= 11 is 1.61. The van der Waals surface area contributed by atoms with Crippen molar-refractivity contribution >= 4 is 23.0 Å². The fourth-order valence-electron chi connectivity index (χ4n) is 1.93. The van der Waals surface area contributed by atoms with Gasteiger partial charge in [0.15, 0.2) is 0 Å². The molecule has 5 heteroatoms. The molecule has 0 bridgehead atoms. The first-order valence-electron chi connectivity index (χ1n) is 6.79. The molecule has 1 aromatic carbocycles. The normalized spacial score (nSPS) is 10.4. The van der Waals surface area contributed by atoms with Gasteiger partial charge in [0, 0.05) is 28.6 Å². The van der Waals surface area contributed by atoms with Gasteiger partial charge in [-0.25, -0.2) is 0 Å². The van der Waals surface area contributed by atoms with Crippen molar-refractivity contribution in [2.45, 2.75) is 19.4 Å². The Morgan fingerprint density at radius 1 is 1.19 bits per heavy atom. The molecule has 0 amide bonds. The molecule has 0 unspecified atom stereocenters. The van der Waals surface area contributed by atoms with E-state index in [1.165, 1.54) is 12.0 Å². The monoisotopic (exact) mass is 305 g/mol. The number of hydrogen-bond acceptors (Lipinski definition) is 5. The molecule has 4 nitrogen and oxygen atoms in total. The van der Waals surface area contributed by atoms with Gasteiger partial charge in [-0.1, -0.05) is 12.1 Å². The lowest BCUT2D eigenvalue weighted by molar-refractivity contribution is -0.139. The minimum atomic E-state index is -0.212. The summed E-state index contributed by atoms with van der Waals surface area (Å²) in [5.74, 6) is -0.212. The number of hydrogen-bond donors (Lipinski definition) is 2. The van der Waals surface area contributed by atoms with Crippen molar-refractivity contribution in [3.05, 3.63) is 51.7 Å². The Balaban J connectivity index is 1.86. The van der Waals surface area contributed by atoms with Crippen LogP contribution in [0.15, 0.2) is 36.4 Å². The fraction of sp³-hybridized carbons (Fsp3) is 0.312. The van der Waals surface area contributed by atoms with E-state index in [4.69, 9.17) is 5.11 Å². The van der Waals surface area contributed by atoms with Crippen LogP contribution in [-0.2, 0) is 28.9 Å². The number of rotatable bonds is 7. The third-order valence-electron chi connectivity index (χ3n) is 3.08. The zero-order valence-electron chi connectivity index (χ0n) is 12.0. The average molecular weight is 305 g/mol. The molecule has 1 aromatic heterocycles. The summed E-state index contributed by atoms with van der Waals surface area (Å²) in [4.78, 5) is 13.4. The molecule has 2 aromatic rings. The van der Waals surface area contributed by atoms with E-state index in [0.717, 1.165) is 22.7 Å². The molecule has 0 fully saturated rings. The summed E-state index contributed by atoms with van der Waals surface area (Å²) in [6.45, 7) is 0.899. The topological polar surface area (TPSA) is 58.6 Å². The number of carbonyl (C=O) groups is 1. The lowest BCUT2D eigenvalue weighted by Crippen LogP contribution is -2.02. The minimum absolute atomic E-state index is 0.172. The highest BCUT2D eigenvalue weighted by Crippen LogP contribution is 2.19. The highest BCUT2D eigenvalue weighted by Gasteiger charge is 2.06. The SMILES string of the molecule is COC(=O)Cc1ccc(CNc2ccc(CCO)cc2)s1. The van der Waals surface area contributed by atoms with Gasteiger partial charge >= 0.3 is 5.97 Å². The lowest BCUT2D eigenvalue weighted by atomic mass is 10.1. The molecule has 2 N–H and O–H groups in total. The molecule has 0 aliphatic rings. The summed E-state index contributed by atoms with van der Waals surface area (Å²) in [7, 11) is 1.40. The first kappa shape index (κ1) is 15.5. The van der Waals surface area contributed by atoms with Crippen LogP contribution in [0.3, 0.4) is 0 Å². The summed E-state index contributed by atoms with van der Waals surface area (Å²) in [6.07, 6.45) is 1.01. The Bertz CT molecular complexity index is 577. The molecule has 21 heavy (non-hydrogen) atoms. The predicted octanol–water partition coefficient (Wildman–Crippen LogP) is 2.61. The van der Waals surface area contributed by atoms with E-state index in [-0.39, 0.29) is 12.6 Å². The number of esters is 1. The Morgan fingerprint density at radius 3 is 2.57 bits per heavy atom. The third-order valence-corrected chi connectivity index (χ3v) is 4.17. The highest BCUT2D eigenvalue weighted by molar-refractivity contribution is 7.12. The molecule has 112 valence electrons. The maximum atomic E-state index is 11.2. The first-order valence-corrected chi connectivity index (χ1v) is 7.61. The number of aliphatic hydroxyl groups excluding tert-OH is 1. The molecular weight excluding hydrogens is 286 g/mol. The van der Waals surface area contributed by atoms with Gasteiger partial charge in [0.25, 0.3) is 0 Å². The number of anilines is 1. The second-order valence-electron chi connectivity index (χ2n) is 4.65. The van der Waals surface area contributed by atoms with E-state index < -0.39 is 0 Å². The summed E-state index contributed by atoms with van der Waals surface area (Å²) in [5.41, 5.74) is 2.17. The molecule has 0 radical (unpaired) electrons. The number of methoxy groups -OCH3 is 1. The average Bonchev–Trinajstić information content (AvgIpc) is 2.94. The molecule has 0 saturated heterocycles. The van der Waals surface area contributed by atoms with Crippen molar-refractivity contribution in [2.75, 3.05) is 19.0 Å². The molecule has 2 rings (SSSR count). The van der Waals surface area contributed by atoms with Crippen LogP contribution in [0, 0.1) is 0 Å². The lowest BCUT2D eigenvalue weighted by Gasteiger charge is -2.06. The number of benzene rings is 1. The quantitative estimate of drug-likeness (QED) is 0.772. The van der Waals surface area contributed by atoms with Crippen LogP contribution in [0.25, 0.3) is 0 Å². The maximum Gasteiger partial charge on any atom is 0.310 e. The standard InChI is InChI=1S/C16H19NO3S/c1-20-16(19)10-14-6-7-15(21-14)11-17-13-4-2-12(3-5-13)8-9-18/h2-7,17-18H,8-11H2,1H3. The van der Waals surface area contributed by atoms with Crippen LogP contribution in [0.4, 0.5) is 5.69 Å². The molecule has 1 heterocycles. The second-order valence-corrected chi connectivity index (χ2v) is 5.90. The van der Waals surface area contributed by atoms with Crippen molar-refractivity contribution < 1.29 is 14.6 Å². The Morgan fingerprint density at radius 2 is 1.90 bits per heavy atom. The van der Waals surface area contributed by atoms with Crippen LogP contribution in [0.5, 0.6) is 0 Å². The summed E-state index contributed by atoms with van der Waals surface area (Å²) in [6, 6.07) is 12.0. The van der Waals surface area contributed by atoms with Crippen molar-refractivity contribution in [1.29, 1.82) is 0 Å². The van der Waals surface area contributed by atoms with Crippen LogP contribution < -0.4 is 5.32 Å². The van der Waals surface area contributed by atoms with Crippen molar-refractivity contribution in [1.82, 2.24) is 0 Å². The number of thiophene rings is 1. The van der Waals surface area contributed by atoms with Gasteiger partial charge in [0.1, 0.15) is 0 Å². The molecule has 0 saturated carbocycles. The fourth-order valence-corrected chi connectivity index (χ4v) is 2.88. The third kappa shape index (κ3) is 4.88. The zero-order chi connectivity index (χ0) is 15.1. The van der Waals surface area contributed by atoms with Crippen LogP contribution in [-0.4, -0.2) is 24.8 Å². The smallest absolute Gasteiger partial charge is 0.310 e. The summed E-state index contributed by atoms with van der Waals surface area (Å²) in [5, 5.41) is 12.2. The van der Waals surface area contributed by atoms with E-state index in [1.54, 1.807) is 11.3 Å². The minimum Gasteiger partial charge on any atom is -0.469 e. The summed E-state index contributed by atoms with van der Waals surface area (Å²) < 4.78 is 4.66. The van der Waals surface area contributed by atoms with Gasteiger partial charge in [-0.05, 0) is 36.2 Å². The van der Waals surface area contributed by atoms with Gasteiger partial charge in [-0.3, -0.25) is 4.79 Å². The van der Waals surface area contributed by atoms with Gasteiger partial charge in [-0.15, -0.1) is 11.3 Å². The number of ether oxygens (including phenoxy) is 1. The molecule has 0 spiro atoms. The highest BCUT2D eigenvalue weighted by atomic mass is 32.1. The Hall–Kier alpha value is -1.85. The van der Waals surface area contributed by atoms with Gasteiger partial charge in [-0.2, -0.15) is 0 Å². The van der Waals surface area contributed by atoms with E-state index in [9.17, 15) is 4.79 Å². The van der Waals surface area contributed by atoms with Crippen molar-refractivity contribution in [2.24, 2.45) is 0 Å². The van der Waals surface area contributed by atoms with Crippen molar-refractivity contribution in [3.63, 3.8) is 0 Å². The number of nitrogens with one attached hydrogen (secondary N) is 1. The number of carbonyl (C=O) groups excluding carboxylic acids is 1. The second kappa shape index (κ2) is 7.81. The molecular formula is C16H19NO3S. The van der Waals surface area contributed by atoms with Gasteiger partial charge in [0.2, 0.25) is 0 Å².